The number of rotatable bonds is 6. The first-order valence-corrected chi connectivity index (χ1v) is 6.28. The van der Waals surface area contributed by atoms with Gasteiger partial charge < -0.3 is 14.7 Å². The molecular weight excluding hydrogens is 246 g/mol. The zero-order chi connectivity index (χ0) is 14.6. The standard InChI is InChI=1S/C13H21N3O3/c1-6-16(13(4,5)12(17)18)10-7-14-8-11(15-10)19-9(2)3/h7-9H,6H2,1-5H3,(H,17,18). The van der Waals surface area contributed by atoms with E-state index in [1.165, 1.54) is 6.20 Å². The molecular formula is C13H21N3O3. The van der Waals surface area contributed by atoms with Gasteiger partial charge in [-0.05, 0) is 34.6 Å². The van der Waals surface area contributed by atoms with Crippen molar-refractivity contribution in [2.45, 2.75) is 46.3 Å². The molecule has 0 spiro atoms. The number of carboxylic acid groups (broad SMARTS) is 1. The van der Waals surface area contributed by atoms with Crippen molar-refractivity contribution in [3.63, 3.8) is 0 Å². The number of aromatic nitrogens is 2. The van der Waals surface area contributed by atoms with E-state index in [1.54, 1.807) is 24.9 Å². The molecule has 0 saturated carbocycles. The molecule has 0 saturated heterocycles. The van der Waals surface area contributed by atoms with Gasteiger partial charge in [0.1, 0.15) is 5.54 Å². The lowest BCUT2D eigenvalue weighted by Gasteiger charge is -2.35. The topological polar surface area (TPSA) is 75.5 Å². The van der Waals surface area contributed by atoms with E-state index in [4.69, 9.17) is 4.74 Å². The molecule has 0 aliphatic carbocycles. The fourth-order valence-electron chi connectivity index (χ4n) is 1.73. The quantitative estimate of drug-likeness (QED) is 0.849. The van der Waals surface area contributed by atoms with Crippen molar-refractivity contribution in [1.29, 1.82) is 0 Å². The average molecular weight is 267 g/mol. The van der Waals surface area contributed by atoms with E-state index in [9.17, 15) is 9.90 Å². The first kappa shape index (κ1) is 15.2. The van der Waals surface area contributed by atoms with Crippen LogP contribution in [-0.2, 0) is 4.79 Å². The Balaban J connectivity index is 3.09. The molecule has 6 heteroatoms. The molecule has 0 aliphatic heterocycles. The highest BCUT2D eigenvalue weighted by atomic mass is 16.5. The maximum atomic E-state index is 11.3. The second-order valence-electron chi connectivity index (χ2n) is 4.99. The van der Waals surface area contributed by atoms with Crippen LogP contribution in [0.2, 0.25) is 0 Å². The van der Waals surface area contributed by atoms with E-state index in [-0.39, 0.29) is 6.10 Å². The summed E-state index contributed by atoms with van der Waals surface area (Å²) in [6.07, 6.45) is 3.05. The minimum Gasteiger partial charge on any atom is -0.480 e. The third-order valence-electron chi connectivity index (χ3n) is 2.75. The zero-order valence-corrected chi connectivity index (χ0v) is 12.0. The minimum absolute atomic E-state index is 0.00731. The van der Waals surface area contributed by atoms with Crippen LogP contribution >= 0.6 is 0 Å². The summed E-state index contributed by atoms with van der Waals surface area (Å²) in [7, 11) is 0. The fraction of sp³-hybridized carbons (Fsp3) is 0.615. The van der Waals surface area contributed by atoms with Gasteiger partial charge in [-0.3, -0.25) is 4.98 Å². The lowest BCUT2D eigenvalue weighted by atomic mass is 10.0. The Bertz CT molecular complexity index is 447. The molecule has 0 fully saturated rings. The first-order valence-electron chi connectivity index (χ1n) is 6.28. The van der Waals surface area contributed by atoms with Crippen LogP contribution in [-0.4, -0.2) is 39.2 Å². The number of likely N-dealkylation sites (N-methyl/N-ethyl adjacent to an activating group) is 1. The summed E-state index contributed by atoms with van der Waals surface area (Å²) < 4.78 is 5.47. The van der Waals surface area contributed by atoms with Gasteiger partial charge in [-0.1, -0.05) is 0 Å². The molecule has 1 rings (SSSR count). The van der Waals surface area contributed by atoms with Gasteiger partial charge in [-0.25, -0.2) is 4.79 Å². The number of ether oxygens (including phenoxy) is 1. The predicted octanol–water partition coefficient (Wildman–Crippen LogP) is 1.95. The third-order valence-corrected chi connectivity index (χ3v) is 2.75. The zero-order valence-electron chi connectivity index (χ0n) is 12.0. The number of aliphatic carboxylic acids is 1. The molecule has 0 atom stereocenters. The van der Waals surface area contributed by atoms with Crippen molar-refractivity contribution in [1.82, 2.24) is 9.97 Å². The lowest BCUT2D eigenvalue weighted by molar-refractivity contribution is -0.142. The van der Waals surface area contributed by atoms with E-state index in [0.29, 0.717) is 18.2 Å². The highest BCUT2D eigenvalue weighted by Gasteiger charge is 2.34. The highest BCUT2D eigenvalue weighted by molar-refractivity contribution is 5.82. The highest BCUT2D eigenvalue weighted by Crippen LogP contribution is 2.23. The summed E-state index contributed by atoms with van der Waals surface area (Å²) in [4.78, 5) is 21.4. The van der Waals surface area contributed by atoms with Crippen LogP contribution in [0.5, 0.6) is 5.88 Å². The van der Waals surface area contributed by atoms with Gasteiger partial charge in [0.15, 0.2) is 5.82 Å². The number of anilines is 1. The van der Waals surface area contributed by atoms with Crippen LogP contribution in [0, 0.1) is 0 Å². The largest absolute Gasteiger partial charge is 0.480 e. The van der Waals surface area contributed by atoms with Crippen LogP contribution in [0.25, 0.3) is 0 Å². The second kappa shape index (κ2) is 5.86. The van der Waals surface area contributed by atoms with Gasteiger partial charge in [0, 0.05) is 6.54 Å². The fourth-order valence-corrected chi connectivity index (χ4v) is 1.73. The minimum atomic E-state index is -1.06. The maximum absolute atomic E-state index is 11.3. The molecule has 0 radical (unpaired) electrons. The van der Waals surface area contributed by atoms with E-state index in [1.807, 2.05) is 20.8 Å². The molecule has 6 nitrogen and oxygen atoms in total. The molecule has 1 aromatic heterocycles. The molecule has 0 aromatic carbocycles. The summed E-state index contributed by atoms with van der Waals surface area (Å²) in [6.45, 7) is 9.45. The Labute approximate surface area is 113 Å². The summed E-state index contributed by atoms with van der Waals surface area (Å²) in [5.74, 6) is -0.0217. The Kier molecular flexibility index (Phi) is 4.69. The van der Waals surface area contributed by atoms with Gasteiger partial charge in [-0.2, -0.15) is 4.98 Å². The Morgan fingerprint density at radius 2 is 2.11 bits per heavy atom. The summed E-state index contributed by atoms with van der Waals surface area (Å²) in [5.41, 5.74) is -1.06. The number of carbonyl (C=O) groups is 1. The Morgan fingerprint density at radius 3 is 2.58 bits per heavy atom. The van der Waals surface area contributed by atoms with E-state index in [0.717, 1.165) is 0 Å². The Morgan fingerprint density at radius 1 is 1.47 bits per heavy atom. The molecule has 0 amide bonds. The van der Waals surface area contributed by atoms with Crippen molar-refractivity contribution in [3.8, 4) is 5.88 Å². The van der Waals surface area contributed by atoms with Crippen LogP contribution < -0.4 is 9.64 Å². The average Bonchev–Trinajstić information content (AvgIpc) is 2.28. The summed E-state index contributed by atoms with van der Waals surface area (Å²) in [5, 5.41) is 9.30. The molecule has 1 N–H and O–H groups in total. The third kappa shape index (κ3) is 3.56. The van der Waals surface area contributed by atoms with Crippen LogP contribution in [0.1, 0.15) is 34.6 Å². The van der Waals surface area contributed by atoms with Crippen molar-refractivity contribution in [3.05, 3.63) is 12.4 Å². The van der Waals surface area contributed by atoms with Crippen molar-refractivity contribution in [2.24, 2.45) is 0 Å². The van der Waals surface area contributed by atoms with Gasteiger partial charge in [0.2, 0.25) is 5.88 Å². The first-order chi connectivity index (χ1) is 8.78. The van der Waals surface area contributed by atoms with E-state index >= 15 is 0 Å². The van der Waals surface area contributed by atoms with Crippen molar-refractivity contribution in [2.75, 3.05) is 11.4 Å². The molecule has 0 aliphatic rings. The number of hydrogen-bond acceptors (Lipinski definition) is 5. The smallest absolute Gasteiger partial charge is 0.328 e. The maximum Gasteiger partial charge on any atom is 0.328 e. The number of carboxylic acids is 1. The summed E-state index contributed by atoms with van der Waals surface area (Å²) in [6, 6.07) is 0. The van der Waals surface area contributed by atoms with Crippen LogP contribution in [0.3, 0.4) is 0 Å². The molecule has 0 unspecified atom stereocenters. The predicted molar refractivity (Wildman–Crippen MR) is 72.5 cm³/mol. The second-order valence-corrected chi connectivity index (χ2v) is 4.99. The molecule has 19 heavy (non-hydrogen) atoms. The van der Waals surface area contributed by atoms with Crippen LogP contribution in [0.4, 0.5) is 5.82 Å². The molecule has 1 heterocycles. The number of hydrogen-bond donors (Lipinski definition) is 1. The van der Waals surface area contributed by atoms with Gasteiger partial charge in [0.25, 0.3) is 0 Å². The van der Waals surface area contributed by atoms with Crippen LogP contribution in [0.15, 0.2) is 12.4 Å². The molecule has 0 bridgehead atoms. The van der Waals surface area contributed by atoms with Gasteiger partial charge in [0.05, 0.1) is 18.5 Å². The normalized spacial score (nSPS) is 11.5. The summed E-state index contributed by atoms with van der Waals surface area (Å²) >= 11 is 0. The molecule has 1 aromatic rings. The van der Waals surface area contributed by atoms with E-state index < -0.39 is 11.5 Å². The molecule has 106 valence electrons. The van der Waals surface area contributed by atoms with Gasteiger partial charge >= 0.3 is 5.97 Å². The van der Waals surface area contributed by atoms with Crippen molar-refractivity contribution < 1.29 is 14.6 Å². The lowest BCUT2D eigenvalue weighted by Crippen LogP contribution is -2.50. The monoisotopic (exact) mass is 267 g/mol. The number of nitrogens with zero attached hydrogens (tertiary/aromatic N) is 3. The Hall–Kier alpha value is -1.85. The SMILES string of the molecule is CCN(c1cncc(OC(C)C)n1)C(C)(C)C(=O)O. The van der Waals surface area contributed by atoms with E-state index in [2.05, 4.69) is 9.97 Å². The van der Waals surface area contributed by atoms with Gasteiger partial charge in [-0.15, -0.1) is 0 Å². The van der Waals surface area contributed by atoms with Crippen molar-refractivity contribution >= 4 is 11.8 Å².